The fourth-order valence-electron chi connectivity index (χ4n) is 3.21. The van der Waals surface area contributed by atoms with Gasteiger partial charge >= 0.3 is 0 Å². The summed E-state index contributed by atoms with van der Waals surface area (Å²) < 4.78 is 0. The van der Waals surface area contributed by atoms with Gasteiger partial charge in [-0.05, 0) is 58.4 Å². The van der Waals surface area contributed by atoms with Gasteiger partial charge in [-0.2, -0.15) is 0 Å². The van der Waals surface area contributed by atoms with Crippen molar-refractivity contribution in [2.75, 3.05) is 6.16 Å². The Morgan fingerprint density at radius 3 is 1.64 bits per heavy atom. The summed E-state index contributed by atoms with van der Waals surface area (Å²) in [4.78, 5) is 0. The SMILES string of the molecule is CCCCCCCCCCCC[P]c1c(C)cc(C)cc1C. The van der Waals surface area contributed by atoms with Crippen molar-refractivity contribution in [2.45, 2.75) is 91.9 Å². The predicted octanol–water partition coefficient (Wildman–Crippen LogP) is 7.10. The predicted molar refractivity (Wildman–Crippen MR) is 104 cm³/mol. The van der Waals surface area contributed by atoms with Crippen LogP contribution in [-0.2, 0) is 0 Å². The zero-order chi connectivity index (χ0) is 16.2. The third kappa shape index (κ3) is 8.33. The highest BCUT2D eigenvalue weighted by molar-refractivity contribution is 7.47. The third-order valence-electron chi connectivity index (χ3n) is 4.42. The Morgan fingerprint density at radius 1 is 0.682 bits per heavy atom. The molecule has 0 heterocycles. The van der Waals surface area contributed by atoms with Gasteiger partial charge in [0.2, 0.25) is 0 Å². The van der Waals surface area contributed by atoms with Crippen LogP contribution in [0.1, 0.15) is 87.8 Å². The Labute approximate surface area is 141 Å². The van der Waals surface area contributed by atoms with E-state index in [2.05, 4.69) is 39.8 Å². The van der Waals surface area contributed by atoms with Crippen molar-refractivity contribution in [3.8, 4) is 0 Å². The molecule has 0 aromatic heterocycles. The molecule has 0 unspecified atom stereocenters. The maximum Gasteiger partial charge on any atom is -0.0135 e. The van der Waals surface area contributed by atoms with Gasteiger partial charge in [-0.25, -0.2) is 0 Å². The van der Waals surface area contributed by atoms with Crippen LogP contribution in [-0.4, -0.2) is 6.16 Å². The molecule has 1 rings (SSSR count). The van der Waals surface area contributed by atoms with Gasteiger partial charge in [0, 0.05) is 0 Å². The fourth-order valence-corrected chi connectivity index (χ4v) is 4.45. The van der Waals surface area contributed by atoms with Crippen LogP contribution in [0, 0.1) is 20.8 Å². The first-order valence-electron chi connectivity index (χ1n) is 9.40. The van der Waals surface area contributed by atoms with Crippen LogP contribution >= 0.6 is 8.58 Å². The molecule has 0 aliphatic carbocycles. The van der Waals surface area contributed by atoms with Gasteiger partial charge in [0.25, 0.3) is 0 Å². The van der Waals surface area contributed by atoms with Gasteiger partial charge in [0.1, 0.15) is 0 Å². The monoisotopic (exact) mass is 319 g/mol. The first-order valence-corrected chi connectivity index (χ1v) is 10.5. The quantitative estimate of drug-likeness (QED) is 0.284. The molecule has 0 N–H and O–H groups in total. The summed E-state index contributed by atoms with van der Waals surface area (Å²) >= 11 is 0. The van der Waals surface area contributed by atoms with E-state index in [9.17, 15) is 0 Å². The third-order valence-corrected chi connectivity index (χ3v) is 5.98. The lowest BCUT2D eigenvalue weighted by Crippen LogP contribution is -2.06. The number of benzene rings is 1. The van der Waals surface area contributed by atoms with Crippen LogP contribution < -0.4 is 5.30 Å². The molecular weight excluding hydrogens is 283 g/mol. The summed E-state index contributed by atoms with van der Waals surface area (Å²) in [6, 6.07) is 4.65. The lowest BCUT2D eigenvalue weighted by atomic mass is 10.1. The first kappa shape index (κ1) is 19.7. The van der Waals surface area contributed by atoms with Gasteiger partial charge in [0.05, 0.1) is 0 Å². The molecule has 1 aromatic rings. The number of rotatable bonds is 12. The molecule has 22 heavy (non-hydrogen) atoms. The van der Waals surface area contributed by atoms with Gasteiger partial charge in [-0.15, -0.1) is 0 Å². The summed E-state index contributed by atoms with van der Waals surface area (Å²) in [5, 5.41) is 1.57. The minimum Gasteiger partial charge on any atom is -0.0654 e. The molecule has 1 radical (unpaired) electrons. The van der Waals surface area contributed by atoms with Crippen LogP contribution in [0.4, 0.5) is 0 Å². The van der Waals surface area contributed by atoms with Crippen molar-refractivity contribution in [3.63, 3.8) is 0 Å². The van der Waals surface area contributed by atoms with E-state index in [0.29, 0.717) is 0 Å². The van der Waals surface area contributed by atoms with Gasteiger partial charge < -0.3 is 0 Å². The van der Waals surface area contributed by atoms with Gasteiger partial charge in [-0.3, -0.25) is 0 Å². The second kappa shape index (κ2) is 12.1. The normalized spacial score (nSPS) is 11.6. The Morgan fingerprint density at radius 2 is 1.14 bits per heavy atom. The van der Waals surface area contributed by atoms with Crippen LogP contribution in [0.15, 0.2) is 12.1 Å². The van der Waals surface area contributed by atoms with Crippen molar-refractivity contribution in [1.82, 2.24) is 0 Å². The molecule has 0 fully saturated rings. The van der Waals surface area contributed by atoms with Crippen molar-refractivity contribution in [2.24, 2.45) is 0 Å². The highest BCUT2D eigenvalue weighted by atomic mass is 31.1. The van der Waals surface area contributed by atoms with E-state index >= 15 is 0 Å². The molecule has 0 nitrogen and oxygen atoms in total. The van der Waals surface area contributed by atoms with E-state index in [1.807, 2.05) is 0 Å². The second-order valence-electron chi connectivity index (χ2n) is 6.81. The molecule has 0 saturated carbocycles. The minimum absolute atomic E-state index is 1.33. The fraction of sp³-hybridized carbons (Fsp3) is 0.714. The van der Waals surface area contributed by atoms with Gasteiger partial charge in [-0.1, -0.05) is 82.4 Å². The molecule has 1 heteroatoms. The van der Waals surface area contributed by atoms with E-state index in [4.69, 9.17) is 0 Å². The van der Waals surface area contributed by atoms with E-state index in [0.717, 1.165) is 0 Å². The smallest absolute Gasteiger partial charge is 0.0135 e. The average Bonchev–Trinajstić information content (AvgIpc) is 2.46. The van der Waals surface area contributed by atoms with Crippen molar-refractivity contribution in [3.05, 3.63) is 28.8 Å². The average molecular weight is 319 g/mol. The zero-order valence-corrected chi connectivity index (χ0v) is 16.3. The van der Waals surface area contributed by atoms with E-state index in [-0.39, 0.29) is 0 Å². The lowest BCUT2D eigenvalue weighted by molar-refractivity contribution is 0.563. The first-order chi connectivity index (χ1) is 10.6. The molecule has 0 saturated heterocycles. The Kier molecular flexibility index (Phi) is 10.9. The van der Waals surface area contributed by atoms with Crippen LogP contribution in [0.5, 0.6) is 0 Å². The molecule has 0 amide bonds. The molecule has 0 spiro atoms. The zero-order valence-electron chi connectivity index (χ0n) is 15.4. The number of unbranched alkanes of at least 4 members (excludes halogenated alkanes) is 9. The second-order valence-corrected chi connectivity index (χ2v) is 8.02. The molecule has 0 atom stereocenters. The molecule has 1 aromatic carbocycles. The van der Waals surface area contributed by atoms with Crippen LogP contribution in [0.2, 0.25) is 0 Å². The summed E-state index contributed by atoms with van der Waals surface area (Å²) in [6.45, 7) is 9.02. The Balaban J connectivity index is 2.02. The molecule has 0 aliphatic rings. The van der Waals surface area contributed by atoms with E-state index in [1.165, 1.54) is 95.6 Å². The number of aryl methyl sites for hydroxylation is 3. The lowest BCUT2D eigenvalue weighted by Gasteiger charge is -2.10. The Bertz CT molecular complexity index is 385. The molecule has 0 bridgehead atoms. The standard InChI is InChI=1S/C21H36P/c1-5-6-7-8-9-10-11-12-13-14-15-22-21-19(3)16-18(2)17-20(21)4/h16-17H,5-15H2,1-4H3. The van der Waals surface area contributed by atoms with Crippen LogP contribution in [0.25, 0.3) is 0 Å². The maximum absolute atomic E-state index is 2.33. The summed E-state index contributed by atoms with van der Waals surface area (Å²) in [5.74, 6) is 0. The Hall–Kier alpha value is -0.350. The topological polar surface area (TPSA) is 0 Å². The minimum atomic E-state index is 1.33. The van der Waals surface area contributed by atoms with Gasteiger partial charge in [0.15, 0.2) is 0 Å². The summed E-state index contributed by atoms with van der Waals surface area (Å²) in [5.41, 5.74) is 4.35. The number of hydrogen-bond acceptors (Lipinski definition) is 0. The largest absolute Gasteiger partial charge is 0.0654 e. The highest BCUT2D eigenvalue weighted by Crippen LogP contribution is 2.20. The molecular formula is C21H36P. The summed E-state index contributed by atoms with van der Waals surface area (Å²) in [6.07, 6.45) is 15.6. The van der Waals surface area contributed by atoms with E-state index < -0.39 is 0 Å². The van der Waals surface area contributed by atoms with Crippen molar-refractivity contribution >= 4 is 13.9 Å². The summed E-state index contributed by atoms with van der Waals surface area (Å²) in [7, 11) is 1.54. The van der Waals surface area contributed by atoms with E-state index in [1.54, 1.807) is 5.30 Å². The maximum atomic E-state index is 2.33. The highest BCUT2D eigenvalue weighted by Gasteiger charge is 2.04. The molecule has 125 valence electrons. The molecule has 0 aliphatic heterocycles. The van der Waals surface area contributed by atoms with Crippen molar-refractivity contribution in [1.29, 1.82) is 0 Å². The number of hydrogen-bond donors (Lipinski definition) is 0. The van der Waals surface area contributed by atoms with Crippen molar-refractivity contribution < 1.29 is 0 Å². The van der Waals surface area contributed by atoms with Crippen LogP contribution in [0.3, 0.4) is 0 Å².